The highest BCUT2D eigenvalue weighted by Gasteiger charge is 2.35. The number of ether oxygens (including phenoxy) is 1. The van der Waals surface area contributed by atoms with Crippen molar-refractivity contribution in [1.29, 1.82) is 0 Å². The Kier molecular flexibility index (Phi) is 4.52. The molecule has 0 bridgehead atoms. The van der Waals surface area contributed by atoms with Crippen LogP contribution in [0.4, 0.5) is 11.6 Å². The number of carbonyl (C=O) groups is 1. The monoisotopic (exact) mass is 389 g/mol. The summed E-state index contributed by atoms with van der Waals surface area (Å²) >= 11 is 0. The van der Waals surface area contributed by atoms with Crippen LogP contribution in [0.1, 0.15) is 23.5 Å². The lowest BCUT2D eigenvalue weighted by molar-refractivity contribution is -0.116. The smallest absolute Gasteiger partial charge is 0.226 e. The van der Waals surface area contributed by atoms with Crippen LogP contribution in [-0.4, -0.2) is 47.0 Å². The number of hydrogen-bond acceptors (Lipinski definition) is 5. The number of aryl methyl sites for hydroxylation is 1. The maximum absolute atomic E-state index is 12.6. The molecule has 4 heterocycles. The van der Waals surface area contributed by atoms with Crippen LogP contribution in [0.5, 0.6) is 0 Å². The molecule has 5 rings (SSSR count). The molecule has 7 heteroatoms. The highest BCUT2D eigenvalue weighted by molar-refractivity contribution is 5.96. The number of rotatable bonds is 3. The van der Waals surface area contributed by atoms with Crippen LogP contribution in [0.15, 0.2) is 48.7 Å². The number of morpholine rings is 1. The molecule has 1 saturated heterocycles. The number of carbonyl (C=O) groups excluding carboxylic acids is 1. The second-order valence-corrected chi connectivity index (χ2v) is 7.42. The Morgan fingerprint density at radius 3 is 2.69 bits per heavy atom. The van der Waals surface area contributed by atoms with Crippen molar-refractivity contribution in [1.82, 2.24) is 14.8 Å². The second-order valence-electron chi connectivity index (χ2n) is 7.42. The maximum atomic E-state index is 12.6. The van der Waals surface area contributed by atoms with E-state index >= 15 is 0 Å². The topological polar surface area (TPSA) is 72.3 Å². The SMILES string of the molecule is Cn1nc(-c2ccccc2)c2c1NC(=O)C[C@H]2c1cccnc1N1CCOCC1. The number of fused-ring (bicyclic) bond motifs is 1. The normalized spacial score (nSPS) is 19.0. The van der Waals surface area contributed by atoms with E-state index in [4.69, 9.17) is 14.8 Å². The van der Waals surface area contributed by atoms with Gasteiger partial charge in [-0.15, -0.1) is 0 Å². The van der Waals surface area contributed by atoms with E-state index in [-0.39, 0.29) is 11.8 Å². The van der Waals surface area contributed by atoms with Gasteiger partial charge >= 0.3 is 0 Å². The van der Waals surface area contributed by atoms with Gasteiger partial charge < -0.3 is 15.0 Å². The van der Waals surface area contributed by atoms with E-state index < -0.39 is 0 Å². The van der Waals surface area contributed by atoms with E-state index in [1.165, 1.54) is 0 Å². The molecule has 1 atom stereocenters. The molecule has 29 heavy (non-hydrogen) atoms. The van der Waals surface area contributed by atoms with Crippen molar-refractivity contribution >= 4 is 17.5 Å². The van der Waals surface area contributed by atoms with Crippen LogP contribution < -0.4 is 10.2 Å². The molecule has 2 aromatic heterocycles. The van der Waals surface area contributed by atoms with Crippen LogP contribution >= 0.6 is 0 Å². The number of aromatic nitrogens is 3. The molecule has 2 aliphatic rings. The van der Waals surface area contributed by atoms with Gasteiger partial charge in [-0.1, -0.05) is 36.4 Å². The van der Waals surface area contributed by atoms with Gasteiger partial charge in [-0.3, -0.25) is 9.48 Å². The molecular formula is C22H23N5O2. The zero-order valence-corrected chi connectivity index (χ0v) is 16.3. The molecule has 2 aliphatic heterocycles. The first-order valence-corrected chi connectivity index (χ1v) is 9.92. The van der Waals surface area contributed by atoms with Crippen molar-refractivity contribution in [2.45, 2.75) is 12.3 Å². The van der Waals surface area contributed by atoms with E-state index in [1.54, 1.807) is 4.68 Å². The Morgan fingerprint density at radius 2 is 1.90 bits per heavy atom. The zero-order chi connectivity index (χ0) is 19.8. The van der Waals surface area contributed by atoms with Crippen LogP contribution in [0, 0.1) is 0 Å². The first-order valence-electron chi connectivity index (χ1n) is 9.92. The lowest BCUT2D eigenvalue weighted by Gasteiger charge is -2.32. The molecule has 1 amide bonds. The maximum Gasteiger partial charge on any atom is 0.226 e. The Hall–Kier alpha value is -3.19. The molecular weight excluding hydrogens is 366 g/mol. The summed E-state index contributed by atoms with van der Waals surface area (Å²) in [7, 11) is 1.88. The van der Waals surface area contributed by atoms with Gasteiger partial charge in [0.2, 0.25) is 5.91 Å². The largest absolute Gasteiger partial charge is 0.378 e. The zero-order valence-electron chi connectivity index (χ0n) is 16.3. The quantitative estimate of drug-likeness (QED) is 0.746. The van der Waals surface area contributed by atoms with Gasteiger partial charge in [0.05, 0.1) is 18.9 Å². The molecule has 3 aromatic rings. The van der Waals surface area contributed by atoms with E-state index in [0.29, 0.717) is 19.6 Å². The molecule has 1 fully saturated rings. The van der Waals surface area contributed by atoms with Gasteiger partial charge in [0.1, 0.15) is 11.6 Å². The third kappa shape index (κ3) is 3.17. The Labute approximate surface area is 169 Å². The highest BCUT2D eigenvalue weighted by atomic mass is 16.5. The van der Waals surface area contributed by atoms with Gasteiger partial charge in [-0.25, -0.2) is 4.98 Å². The predicted molar refractivity (Wildman–Crippen MR) is 111 cm³/mol. The number of nitrogens with zero attached hydrogens (tertiary/aromatic N) is 4. The summed E-state index contributed by atoms with van der Waals surface area (Å²) in [4.78, 5) is 19.5. The molecule has 7 nitrogen and oxygen atoms in total. The molecule has 0 unspecified atom stereocenters. The van der Waals surface area contributed by atoms with E-state index in [2.05, 4.69) is 28.4 Å². The Balaban J connectivity index is 1.67. The van der Waals surface area contributed by atoms with E-state index in [9.17, 15) is 4.79 Å². The van der Waals surface area contributed by atoms with Crippen molar-refractivity contribution in [3.05, 3.63) is 59.8 Å². The number of amides is 1. The van der Waals surface area contributed by atoms with E-state index in [1.807, 2.05) is 37.5 Å². The summed E-state index contributed by atoms with van der Waals surface area (Å²) in [6.45, 7) is 2.98. The Bertz CT molecular complexity index is 1040. The summed E-state index contributed by atoms with van der Waals surface area (Å²) in [5, 5.41) is 7.79. The fraction of sp³-hybridized carbons (Fsp3) is 0.318. The third-order valence-electron chi connectivity index (χ3n) is 5.63. The van der Waals surface area contributed by atoms with Gasteiger partial charge in [0.15, 0.2) is 0 Å². The minimum atomic E-state index is -0.103. The highest BCUT2D eigenvalue weighted by Crippen LogP contribution is 2.44. The molecule has 0 aliphatic carbocycles. The first-order chi connectivity index (χ1) is 14.2. The Morgan fingerprint density at radius 1 is 1.10 bits per heavy atom. The number of pyridine rings is 1. The van der Waals surface area contributed by atoms with Crippen molar-refractivity contribution < 1.29 is 9.53 Å². The number of anilines is 2. The fourth-order valence-electron chi connectivity index (χ4n) is 4.28. The first kappa shape index (κ1) is 17.9. The molecule has 0 saturated carbocycles. The molecule has 148 valence electrons. The van der Waals surface area contributed by atoms with Crippen molar-refractivity contribution in [2.75, 3.05) is 36.5 Å². The average molecular weight is 389 g/mol. The fourth-order valence-corrected chi connectivity index (χ4v) is 4.28. The predicted octanol–water partition coefficient (Wildman–Crippen LogP) is 2.79. The van der Waals surface area contributed by atoms with E-state index in [0.717, 1.165) is 47.1 Å². The molecule has 1 aromatic carbocycles. The second kappa shape index (κ2) is 7.33. The summed E-state index contributed by atoms with van der Waals surface area (Å²) < 4.78 is 7.28. The van der Waals surface area contributed by atoms with Crippen LogP contribution in [0.25, 0.3) is 11.3 Å². The number of nitrogens with one attached hydrogen (secondary N) is 1. The average Bonchev–Trinajstić information content (AvgIpc) is 3.11. The van der Waals surface area contributed by atoms with Crippen molar-refractivity contribution in [3.63, 3.8) is 0 Å². The minimum Gasteiger partial charge on any atom is -0.378 e. The van der Waals surface area contributed by atoms with Crippen LogP contribution in [0.2, 0.25) is 0 Å². The van der Waals surface area contributed by atoms with Gasteiger partial charge in [0.25, 0.3) is 0 Å². The number of hydrogen-bond donors (Lipinski definition) is 1. The van der Waals surface area contributed by atoms with Crippen LogP contribution in [0.3, 0.4) is 0 Å². The molecule has 1 N–H and O–H groups in total. The summed E-state index contributed by atoms with van der Waals surface area (Å²) in [5.74, 6) is 1.60. The van der Waals surface area contributed by atoms with Gasteiger partial charge in [-0.05, 0) is 6.07 Å². The van der Waals surface area contributed by atoms with Crippen LogP contribution in [-0.2, 0) is 16.6 Å². The molecule has 0 radical (unpaired) electrons. The minimum absolute atomic E-state index is 0.00175. The van der Waals surface area contributed by atoms with Gasteiger partial charge in [-0.2, -0.15) is 5.10 Å². The summed E-state index contributed by atoms with van der Waals surface area (Å²) in [5.41, 5.74) is 4.07. The third-order valence-corrected chi connectivity index (χ3v) is 5.63. The lowest BCUT2D eigenvalue weighted by Crippen LogP contribution is -2.38. The summed E-state index contributed by atoms with van der Waals surface area (Å²) in [6.07, 6.45) is 2.20. The summed E-state index contributed by atoms with van der Waals surface area (Å²) in [6, 6.07) is 14.2. The molecule has 0 spiro atoms. The van der Waals surface area contributed by atoms with Crippen molar-refractivity contribution in [2.24, 2.45) is 7.05 Å². The standard InChI is InChI=1S/C22H23N5O2/c1-26-22-19(20(25-26)15-6-3-2-4-7-15)17(14-18(28)24-22)16-8-5-9-23-21(16)27-10-12-29-13-11-27/h2-9,17H,10-14H2,1H3,(H,24,28)/t17-/m0/s1. The van der Waals surface area contributed by atoms with Gasteiger partial charge in [0, 0.05) is 55.4 Å². The van der Waals surface area contributed by atoms with Crippen molar-refractivity contribution in [3.8, 4) is 11.3 Å². The number of benzene rings is 1. The lowest BCUT2D eigenvalue weighted by atomic mass is 9.84.